The summed E-state index contributed by atoms with van der Waals surface area (Å²) in [5.41, 5.74) is 3.17. The second kappa shape index (κ2) is 7.89. The number of aryl methyl sites for hydroxylation is 2. The predicted octanol–water partition coefficient (Wildman–Crippen LogP) is 3.21. The minimum absolute atomic E-state index is 0.0787. The summed E-state index contributed by atoms with van der Waals surface area (Å²) in [6, 6.07) is 6.56. The fraction of sp³-hybridized carbons (Fsp3) is 0.391. The molecule has 0 radical (unpaired) electrons. The molecule has 0 saturated carbocycles. The molecule has 156 valence electrons. The summed E-state index contributed by atoms with van der Waals surface area (Å²) >= 11 is 0. The van der Waals surface area contributed by atoms with Gasteiger partial charge in [0.1, 0.15) is 5.82 Å². The van der Waals surface area contributed by atoms with Gasteiger partial charge in [-0.3, -0.25) is 14.2 Å². The largest absolute Gasteiger partial charge is 0.454 e. The van der Waals surface area contributed by atoms with Gasteiger partial charge in [-0.15, -0.1) is 0 Å². The van der Waals surface area contributed by atoms with Gasteiger partial charge in [0, 0.05) is 36.5 Å². The maximum Gasteiger partial charge on any atom is 0.338 e. The van der Waals surface area contributed by atoms with Crippen LogP contribution in [0.2, 0.25) is 0 Å². The zero-order chi connectivity index (χ0) is 21.4. The lowest BCUT2D eigenvalue weighted by molar-refractivity contribution is 0.0474. The summed E-state index contributed by atoms with van der Waals surface area (Å²) in [7, 11) is 0. The van der Waals surface area contributed by atoms with Crippen LogP contribution in [0.25, 0.3) is 10.9 Å². The second-order valence-corrected chi connectivity index (χ2v) is 7.76. The number of rotatable bonds is 6. The molecule has 1 aliphatic heterocycles. The molecule has 0 fully saturated rings. The molecule has 4 rings (SSSR count). The molecule has 1 aromatic carbocycles. The smallest absolute Gasteiger partial charge is 0.338 e. The van der Waals surface area contributed by atoms with Crippen molar-refractivity contribution in [3.63, 3.8) is 0 Å². The molecule has 1 aliphatic rings. The lowest BCUT2D eigenvalue weighted by Crippen LogP contribution is -2.21. The van der Waals surface area contributed by atoms with Crippen LogP contribution in [0.1, 0.15) is 57.7 Å². The van der Waals surface area contributed by atoms with Gasteiger partial charge in [0.25, 0.3) is 5.56 Å². The van der Waals surface area contributed by atoms with Crippen LogP contribution in [0.4, 0.5) is 0 Å². The van der Waals surface area contributed by atoms with Gasteiger partial charge in [-0.1, -0.05) is 6.92 Å². The number of hydrogen-bond acceptors (Lipinski definition) is 5. The number of aromatic nitrogens is 3. The molecule has 0 saturated heterocycles. The minimum atomic E-state index is -0.602. The number of Topliss-reactive ketones (excluding diaryl/α,β-unsaturated/α-hetero) is 1. The highest BCUT2D eigenvalue weighted by molar-refractivity contribution is 6.01. The van der Waals surface area contributed by atoms with Gasteiger partial charge in [-0.2, -0.15) is 0 Å². The van der Waals surface area contributed by atoms with Crippen molar-refractivity contribution < 1.29 is 14.3 Å². The zero-order valence-electron chi connectivity index (χ0n) is 17.5. The first-order valence-corrected chi connectivity index (χ1v) is 10.3. The third kappa shape index (κ3) is 3.44. The quantitative estimate of drug-likeness (QED) is 0.463. The average Bonchev–Trinajstić information content (AvgIpc) is 3.31. The van der Waals surface area contributed by atoms with E-state index in [-0.39, 0.29) is 23.5 Å². The van der Waals surface area contributed by atoms with Crippen molar-refractivity contribution in [2.75, 3.05) is 6.61 Å². The lowest BCUT2D eigenvalue weighted by atomic mass is 10.1. The first-order chi connectivity index (χ1) is 14.4. The van der Waals surface area contributed by atoms with E-state index in [4.69, 9.17) is 4.74 Å². The highest BCUT2D eigenvalue weighted by Crippen LogP contribution is 2.18. The highest BCUT2D eigenvalue weighted by atomic mass is 16.5. The molecule has 0 amide bonds. The van der Waals surface area contributed by atoms with E-state index < -0.39 is 5.97 Å². The van der Waals surface area contributed by atoms with E-state index in [9.17, 15) is 14.4 Å². The fourth-order valence-electron chi connectivity index (χ4n) is 4.15. The summed E-state index contributed by atoms with van der Waals surface area (Å²) in [6.45, 7) is 7.16. The standard InChI is InChI=1S/C23H25N3O4/c1-4-9-25-14(2)11-18(15(25)3)20(27)13-30-23(29)16-7-8-17-19(12-16)24-21-6-5-10-26(21)22(17)28/h7-8,11-12H,4-6,9-10,13H2,1-3H3. The topological polar surface area (TPSA) is 83.2 Å². The van der Waals surface area contributed by atoms with E-state index in [0.717, 1.165) is 43.0 Å². The van der Waals surface area contributed by atoms with Crippen molar-refractivity contribution in [3.05, 3.63) is 63.0 Å². The summed E-state index contributed by atoms with van der Waals surface area (Å²) in [5.74, 6) is -0.0839. The maximum atomic E-state index is 12.6. The molecule has 0 aliphatic carbocycles. The number of fused-ring (bicyclic) bond motifs is 2. The molecule has 0 spiro atoms. The third-order valence-corrected chi connectivity index (χ3v) is 5.71. The molecule has 0 unspecified atom stereocenters. The zero-order valence-corrected chi connectivity index (χ0v) is 17.5. The number of ether oxygens (including phenoxy) is 1. The molecule has 3 aromatic rings. The molecule has 7 heteroatoms. The van der Waals surface area contributed by atoms with Crippen molar-refractivity contribution in [1.29, 1.82) is 0 Å². The van der Waals surface area contributed by atoms with E-state index in [2.05, 4.69) is 16.5 Å². The van der Waals surface area contributed by atoms with Crippen LogP contribution in [0.3, 0.4) is 0 Å². The van der Waals surface area contributed by atoms with Gasteiger partial charge in [-0.25, -0.2) is 9.78 Å². The fourth-order valence-corrected chi connectivity index (χ4v) is 4.15. The number of carbonyl (C=O) groups is 2. The number of nitrogens with zero attached hydrogens (tertiary/aromatic N) is 3. The molecule has 7 nitrogen and oxygen atoms in total. The van der Waals surface area contributed by atoms with E-state index in [0.29, 0.717) is 23.0 Å². The lowest BCUT2D eigenvalue weighted by Gasteiger charge is -2.08. The molecule has 2 aromatic heterocycles. The summed E-state index contributed by atoms with van der Waals surface area (Å²) in [6.07, 6.45) is 2.63. The summed E-state index contributed by atoms with van der Waals surface area (Å²) in [5, 5.41) is 0.483. The number of ketones is 1. The van der Waals surface area contributed by atoms with E-state index >= 15 is 0 Å². The van der Waals surface area contributed by atoms with Crippen LogP contribution in [0.5, 0.6) is 0 Å². The Morgan fingerprint density at radius 3 is 2.77 bits per heavy atom. The number of carbonyl (C=O) groups excluding carboxylic acids is 2. The first kappa shape index (κ1) is 20.1. The SMILES string of the molecule is CCCn1c(C)cc(C(=O)COC(=O)c2ccc3c(=O)n4c(nc3c2)CCC4)c1C. The van der Waals surface area contributed by atoms with Gasteiger partial charge >= 0.3 is 5.97 Å². The third-order valence-electron chi connectivity index (χ3n) is 5.71. The Hall–Kier alpha value is -3.22. The second-order valence-electron chi connectivity index (χ2n) is 7.76. The van der Waals surface area contributed by atoms with Gasteiger partial charge in [-0.05, 0) is 51.0 Å². The Bertz CT molecular complexity index is 1220. The van der Waals surface area contributed by atoms with Crippen molar-refractivity contribution in [2.24, 2.45) is 0 Å². The van der Waals surface area contributed by atoms with Crippen LogP contribution < -0.4 is 5.56 Å². The minimum Gasteiger partial charge on any atom is -0.454 e. The van der Waals surface area contributed by atoms with Crippen LogP contribution in [-0.4, -0.2) is 32.5 Å². The number of benzene rings is 1. The van der Waals surface area contributed by atoms with Gasteiger partial charge in [0.05, 0.1) is 16.5 Å². The van der Waals surface area contributed by atoms with Gasteiger partial charge in [0.2, 0.25) is 5.78 Å². The molecule has 30 heavy (non-hydrogen) atoms. The molecule has 0 atom stereocenters. The van der Waals surface area contributed by atoms with Crippen molar-refractivity contribution in [2.45, 2.75) is 53.1 Å². The van der Waals surface area contributed by atoms with Crippen LogP contribution in [0.15, 0.2) is 29.1 Å². The van der Waals surface area contributed by atoms with Gasteiger partial charge < -0.3 is 9.30 Å². The summed E-state index contributed by atoms with van der Waals surface area (Å²) < 4.78 is 9.06. The molecule has 0 N–H and O–H groups in total. The molecular weight excluding hydrogens is 382 g/mol. The molecule has 3 heterocycles. The van der Waals surface area contributed by atoms with Gasteiger partial charge in [0.15, 0.2) is 6.61 Å². The summed E-state index contributed by atoms with van der Waals surface area (Å²) in [4.78, 5) is 42.2. The Balaban J connectivity index is 1.51. The van der Waals surface area contributed by atoms with Crippen molar-refractivity contribution in [1.82, 2.24) is 14.1 Å². The normalized spacial score (nSPS) is 12.9. The first-order valence-electron chi connectivity index (χ1n) is 10.3. The number of esters is 1. The van der Waals surface area contributed by atoms with Crippen LogP contribution in [0, 0.1) is 13.8 Å². The van der Waals surface area contributed by atoms with Crippen molar-refractivity contribution >= 4 is 22.7 Å². The Morgan fingerprint density at radius 2 is 2.00 bits per heavy atom. The number of hydrogen-bond donors (Lipinski definition) is 0. The maximum absolute atomic E-state index is 12.6. The van der Waals surface area contributed by atoms with Crippen molar-refractivity contribution in [3.8, 4) is 0 Å². The molecule has 0 bridgehead atoms. The Kier molecular flexibility index (Phi) is 5.28. The Morgan fingerprint density at radius 1 is 1.20 bits per heavy atom. The predicted molar refractivity (Wildman–Crippen MR) is 113 cm³/mol. The Labute approximate surface area is 174 Å². The average molecular weight is 407 g/mol. The monoisotopic (exact) mass is 407 g/mol. The van der Waals surface area contributed by atoms with E-state index in [1.54, 1.807) is 22.8 Å². The van der Waals surface area contributed by atoms with E-state index in [1.807, 2.05) is 19.9 Å². The van der Waals surface area contributed by atoms with E-state index in [1.165, 1.54) is 0 Å². The van der Waals surface area contributed by atoms with Crippen LogP contribution in [-0.2, 0) is 24.2 Å². The molecular formula is C23H25N3O4. The highest BCUT2D eigenvalue weighted by Gasteiger charge is 2.20. The van der Waals surface area contributed by atoms with Crippen LogP contribution >= 0.6 is 0 Å².